The number of ether oxygens (including phenoxy) is 1. The van der Waals surface area contributed by atoms with Crippen LogP contribution >= 0.6 is 0 Å². The number of nitrogens with zero attached hydrogens (tertiary/aromatic N) is 1. The molecule has 0 aromatic carbocycles. The van der Waals surface area contributed by atoms with Crippen molar-refractivity contribution in [2.75, 3.05) is 26.2 Å². The van der Waals surface area contributed by atoms with Gasteiger partial charge >= 0.3 is 5.97 Å². The number of carboxylic acids is 1. The van der Waals surface area contributed by atoms with Crippen LogP contribution in [0.3, 0.4) is 0 Å². The first kappa shape index (κ1) is 11.8. The zero-order chi connectivity index (χ0) is 11.5. The van der Waals surface area contributed by atoms with Gasteiger partial charge in [-0.15, -0.1) is 0 Å². The highest BCUT2D eigenvalue weighted by molar-refractivity contribution is 5.74. The lowest BCUT2D eigenvalue weighted by Crippen LogP contribution is -2.55. The van der Waals surface area contributed by atoms with Crippen molar-refractivity contribution in [3.63, 3.8) is 0 Å². The van der Waals surface area contributed by atoms with Crippen LogP contribution in [0, 0.1) is 0 Å². The predicted octanol–water partition coefficient (Wildman–Crippen LogP) is -0.0877. The first-order valence-electron chi connectivity index (χ1n) is 6.01. The van der Waals surface area contributed by atoms with E-state index in [-0.39, 0.29) is 12.2 Å². The lowest BCUT2D eigenvalue weighted by Gasteiger charge is -2.35. The maximum absolute atomic E-state index is 11.4. The van der Waals surface area contributed by atoms with Gasteiger partial charge in [-0.25, -0.2) is 0 Å². The number of piperazine rings is 1. The van der Waals surface area contributed by atoms with E-state index < -0.39 is 12.0 Å². The second kappa shape index (κ2) is 5.12. The molecule has 5 heteroatoms. The highest BCUT2D eigenvalue weighted by Gasteiger charge is 2.38. The number of hydrogen-bond donors (Lipinski definition) is 2. The van der Waals surface area contributed by atoms with Crippen LogP contribution in [-0.2, 0) is 9.53 Å². The Morgan fingerprint density at radius 3 is 2.62 bits per heavy atom. The topological polar surface area (TPSA) is 61.8 Å². The number of carboxylic acid groups (broad SMARTS) is 1. The Balaban J connectivity index is 2.01. The van der Waals surface area contributed by atoms with Crippen molar-refractivity contribution in [3.05, 3.63) is 0 Å². The van der Waals surface area contributed by atoms with Gasteiger partial charge in [0, 0.05) is 26.2 Å². The largest absolute Gasteiger partial charge is 0.480 e. The molecule has 2 aliphatic heterocycles. The monoisotopic (exact) mass is 228 g/mol. The molecule has 0 bridgehead atoms. The molecule has 92 valence electrons. The minimum atomic E-state index is -0.749. The van der Waals surface area contributed by atoms with Gasteiger partial charge in [0.1, 0.15) is 6.04 Å². The van der Waals surface area contributed by atoms with Crippen molar-refractivity contribution in [2.24, 2.45) is 0 Å². The summed E-state index contributed by atoms with van der Waals surface area (Å²) in [4.78, 5) is 13.4. The van der Waals surface area contributed by atoms with Crippen molar-refractivity contribution in [1.82, 2.24) is 10.2 Å². The summed E-state index contributed by atoms with van der Waals surface area (Å²) in [6.45, 7) is 5.34. The Labute approximate surface area is 95.8 Å². The van der Waals surface area contributed by atoms with Crippen molar-refractivity contribution < 1.29 is 14.6 Å². The molecule has 3 unspecified atom stereocenters. The molecular formula is C11H20N2O3. The van der Waals surface area contributed by atoms with Gasteiger partial charge in [-0.3, -0.25) is 9.69 Å². The highest BCUT2D eigenvalue weighted by Crippen LogP contribution is 2.24. The molecule has 0 spiro atoms. The zero-order valence-electron chi connectivity index (χ0n) is 9.69. The molecule has 0 aromatic rings. The Morgan fingerprint density at radius 2 is 2.12 bits per heavy atom. The van der Waals surface area contributed by atoms with Crippen molar-refractivity contribution in [1.29, 1.82) is 0 Å². The number of nitrogens with one attached hydrogen (secondary N) is 1. The molecule has 2 heterocycles. The third kappa shape index (κ3) is 2.53. The van der Waals surface area contributed by atoms with E-state index in [1.54, 1.807) is 0 Å². The Kier molecular flexibility index (Phi) is 3.78. The van der Waals surface area contributed by atoms with E-state index in [0.717, 1.165) is 39.0 Å². The number of rotatable bonds is 3. The Bertz CT molecular complexity index is 249. The molecule has 2 rings (SSSR count). The SMILES string of the molecule is CC1CCC(C(C(=O)O)N2CCNCC2)O1. The maximum Gasteiger partial charge on any atom is 0.323 e. The van der Waals surface area contributed by atoms with E-state index in [1.165, 1.54) is 0 Å². The summed E-state index contributed by atoms with van der Waals surface area (Å²) in [7, 11) is 0. The summed E-state index contributed by atoms with van der Waals surface area (Å²) < 4.78 is 5.70. The predicted molar refractivity (Wildman–Crippen MR) is 59.4 cm³/mol. The van der Waals surface area contributed by atoms with Gasteiger partial charge in [0.05, 0.1) is 12.2 Å². The van der Waals surface area contributed by atoms with E-state index in [4.69, 9.17) is 4.74 Å². The fourth-order valence-corrected chi connectivity index (χ4v) is 2.58. The summed E-state index contributed by atoms with van der Waals surface area (Å²) in [5.41, 5.74) is 0. The zero-order valence-corrected chi connectivity index (χ0v) is 9.69. The molecule has 0 amide bonds. The van der Waals surface area contributed by atoms with Crippen LogP contribution in [0.1, 0.15) is 19.8 Å². The van der Waals surface area contributed by atoms with Gasteiger partial charge in [-0.2, -0.15) is 0 Å². The lowest BCUT2D eigenvalue weighted by atomic mass is 10.1. The average molecular weight is 228 g/mol. The quantitative estimate of drug-likeness (QED) is 0.707. The summed E-state index contributed by atoms with van der Waals surface area (Å²) in [6.07, 6.45) is 1.91. The minimum absolute atomic E-state index is 0.134. The molecule has 0 aliphatic carbocycles. The first-order valence-corrected chi connectivity index (χ1v) is 6.01. The van der Waals surface area contributed by atoms with Gasteiger partial charge in [-0.1, -0.05) is 0 Å². The molecule has 0 aromatic heterocycles. The molecule has 2 N–H and O–H groups in total. The maximum atomic E-state index is 11.4. The average Bonchev–Trinajstić information content (AvgIpc) is 2.66. The molecule has 2 saturated heterocycles. The van der Waals surface area contributed by atoms with Crippen LogP contribution in [0.2, 0.25) is 0 Å². The Hall–Kier alpha value is -0.650. The van der Waals surface area contributed by atoms with Crippen LogP contribution in [0.25, 0.3) is 0 Å². The number of aliphatic carboxylic acids is 1. The molecule has 3 atom stereocenters. The van der Waals surface area contributed by atoms with Crippen LogP contribution in [0.5, 0.6) is 0 Å². The summed E-state index contributed by atoms with van der Waals surface area (Å²) in [6, 6.07) is -0.466. The van der Waals surface area contributed by atoms with E-state index in [0.29, 0.717) is 0 Å². The molecule has 2 fully saturated rings. The van der Waals surface area contributed by atoms with Crippen molar-refractivity contribution in [3.8, 4) is 0 Å². The van der Waals surface area contributed by atoms with E-state index in [9.17, 15) is 9.90 Å². The molecule has 2 aliphatic rings. The first-order chi connectivity index (χ1) is 7.68. The van der Waals surface area contributed by atoms with Gasteiger partial charge in [-0.05, 0) is 19.8 Å². The molecule has 0 radical (unpaired) electrons. The summed E-state index contributed by atoms with van der Waals surface area (Å²) >= 11 is 0. The third-order valence-electron chi connectivity index (χ3n) is 3.41. The van der Waals surface area contributed by atoms with E-state index in [1.807, 2.05) is 11.8 Å². The molecule has 16 heavy (non-hydrogen) atoms. The summed E-state index contributed by atoms with van der Waals surface area (Å²) in [5.74, 6) is -0.749. The molecular weight excluding hydrogens is 208 g/mol. The van der Waals surface area contributed by atoms with E-state index >= 15 is 0 Å². The normalized spacial score (nSPS) is 33.8. The van der Waals surface area contributed by atoms with Gasteiger partial charge < -0.3 is 15.2 Å². The van der Waals surface area contributed by atoms with Crippen molar-refractivity contribution in [2.45, 2.75) is 38.0 Å². The summed E-state index contributed by atoms with van der Waals surface area (Å²) in [5, 5.41) is 12.6. The van der Waals surface area contributed by atoms with Gasteiger partial charge in [0.25, 0.3) is 0 Å². The number of hydrogen-bond acceptors (Lipinski definition) is 4. The second-order valence-corrected chi connectivity index (χ2v) is 4.63. The van der Waals surface area contributed by atoms with E-state index in [2.05, 4.69) is 5.32 Å². The third-order valence-corrected chi connectivity index (χ3v) is 3.41. The standard InChI is InChI=1S/C11H20N2O3/c1-8-2-3-9(16-8)10(11(14)15)13-6-4-12-5-7-13/h8-10,12H,2-7H2,1H3,(H,14,15). The van der Waals surface area contributed by atoms with Crippen molar-refractivity contribution >= 4 is 5.97 Å². The second-order valence-electron chi connectivity index (χ2n) is 4.63. The van der Waals surface area contributed by atoms with Crippen LogP contribution < -0.4 is 5.32 Å². The highest BCUT2D eigenvalue weighted by atomic mass is 16.5. The van der Waals surface area contributed by atoms with Gasteiger partial charge in [0.15, 0.2) is 0 Å². The fraction of sp³-hybridized carbons (Fsp3) is 0.909. The fourth-order valence-electron chi connectivity index (χ4n) is 2.58. The molecule has 5 nitrogen and oxygen atoms in total. The van der Waals surface area contributed by atoms with Crippen LogP contribution in [0.15, 0.2) is 0 Å². The molecule has 0 saturated carbocycles. The Morgan fingerprint density at radius 1 is 1.44 bits per heavy atom. The lowest BCUT2D eigenvalue weighted by molar-refractivity contribution is -0.149. The number of carbonyl (C=O) groups is 1. The van der Waals surface area contributed by atoms with Crippen LogP contribution in [-0.4, -0.2) is 60.4 Å². The minimum Gasteiger partial charge on any atom is -0.480 e. The van der Waals surface area contributed by atoms with Gasteiger partial charge in [0.2, 0.25) is 0 Å². The van der Waals surface area contributed by atoms with Crippen LogP contribution in [0.4, 0.5) is 0 Å². The smallest absolute Gasteiger partial charge is 0.323 e.